The zero-order chi connectivity index (χ0) is 10.8. The lowest BCUT2D eigenvalue weighted by Crippen LogP contribution is -2.10. The third kappa shape index (κ3) is 1.85. The molecule has 0 unspecified atom stereocenters. The molecule has 0 saturated carbocycles. The van der Waals surface area contributed by atoms with Crippen molar-refractivity contribution >= 4 is 15.9 Å². The summed E-state index contributed by atoms with van der Waals surface area (Å²) in [5.41, 5.74) is 2.07. The van der Waals surface area contributed by atoms with Crippen LogP contribution >= 0.6 is 15.9 Å². The number of aromatic nitrogens is 3. The lowest BCUT2D eigenvalue weighted by molar-refractivity contribution is 0.704. The molecule has 0 aliphatic heterocycles. The Morgan fingerprint density at radius 3 is 3.00 bits per heavy atom. The van der Waals surface area contributed by atoms with Gasteiger partial charge in [0.1, 0.15) is 16.1 Å². The summed E-state index contributed by atoms with van der Waals surface area (Å²) in [6, 6.07) is 2.01. The molecule has 80 valence electrons. The van der Waals surface area contributed by atoms with Gasteiger partial charge in [-0.3, -0.25) is 0 Å². The number of imidazole rings is 1. The van der Waals surface area contributed by atoms with Crippen LogP contribution in [0.15, 0.2) is 23.1 Å². The van der Waals surface area contributed by atoms with Gasteiger partial charge in [-0.05, 0) is 29.0 Å². The first-order valence-electron chi connectivity index (χ1n) is 4.73. The summed E-state index contributed by atoms with van der Waals surface area (Å²) in [5.74, 6) is 1.01. The Kier molecular flexibility index (Phi) is 2.93. The van der Waals surface area contributed by atoms with Crippen molar-refractivity contribution in [1.82, 2.24) is 19.9 Å². The molecule has 0 spiro atoms. The van der Waals surface area contributed by atoms with E-state index in [-0.39, 0.29) is 0 Å². The molecule has 4 nitrogen and oxygen atoms in total. The predicted octanol–water partition coefficient (Wildman–Crippen LogP) is 1.90. The third-order valence-corrected chi connectivity index (χ3v) is 3.23. The molecule has 2 aromatic heterocycles. The summed E-state index contributed by atoms with van der Waals surface area (Å²) in [4.78, 5) is 7.61. The smallest absolute Gasteiger partial charge is 0.124 e. The standard InChI is InChI=1S/C10H13BrN4/c1-12-6-8-14-9(10(11)15(8)2)7-3-4-13-5-7/h3-5,12-13H,6H2,1-2H3. The number of H-pyrrole nitrogens is 1. The molecule has 5 heteroatoms. The average Bonchev–Trinajstić information content (AvgIpc) is 2.82. The maximum atomic E-state index is 4.58. The van der Waals surface area contributed by atoms with E-state index in [0.29, 0.717) is 0 Å². The fourth-order valence-electron chi connectivity index (χ4n) is 1.49. The summed E-state index contributed by atoms with van der Waals surface area (Å²) in [7, 11) is 3.92. The number of nitrogens with one attached hydrogen (secondary N) is 2. The monoisotopic (exact) mass is 268 g/mol. The highest BCUT2D eigenvalue weighted by Gasteiger charge is 2.13. The second-order valence-corrected chi connectivity index (χ2v) is 4.11. The molecule has 2 rings (SSSR count). The second-order valence-electron chi connectivity index (χ2n) is 3.36. The lowest BCUT2D eigenvalue weighted by atomic mass is 10.3. The van der Waals surface area contributed by atoms with Crippen molar-refractivity contribution in [2.75, 3.05) is 7.05 Å². The van der Waals surface area contributed by atoms with Gasteiger partial charge >= 0.3 is 0 Å². The normalized spacial score (nSPS) is 10.9. The molecule has 2 N–H and O–H groups in total. The third-order valence-electron chi connectivity index (χ3n) is 2.32. The molecule has 2 heterocycles. The first-order valence-corrected chi connectivity index (χ1v) is 5.52. The number of hydrogen-bond donors (Lipinski definition) is 2. The van der Waals surface area contributed by atoms with Gasteiger partial charge in [0.25, 0.3) is 0 Å². The fourth-order valence-corrected chi connectivity index (χ4v) is 2.02. The van der Waals surface area contributed by atoms with Crippen LogP contribution < -0.4 is 5.32 Å². The largest absolute Gasteiger partial charge is 0.367 e. The number of halogens is 1. The van der Waals surface area contributed by atoms with Crippen LogP contribution in [-0.2, 0) is 13.6 Å². The Bertz CT molecular complexity index is 444. The van der Waals surface area contributed by atoms with Crippen molar-refractivity contribution in [1.29, 1.82) is 0 Å². The van der Waals surface area contributed by atoms with E-state index in [9.17, 15) is 0 Å². The molecule has 0 aliphatic carbocycles. The van der Waals surface area contributed by atoms with Gasteiger partial charge in [0, 0.05) is 25.0 Å². The molecule has 2 aromatic rings. The first kappa shape index (κ1) is 10.4. The van der Waals surface area contributed by atoms with E-state index in [4.69, 9.17) is 0 Å². The van der Waals surface area contributed by atoms with E-state index >= 15 is 0 Å². The lowest BCUT2D eigenvalue weighted by Gasteiger charge is -1.99. The van der Waals surface area contributed by atoms with E-state index in [1.54, 1.807) is 0 Å². The quantitative estimate of drug-likeness (QED) is 0.893. The minimum absolute atomic E-state index is 0.763. The minimum atomic E-state index is 0.763. The van der Waals surface area contributed by atoms with Gasteiger partial charge in [0.05, 0.1) is 6.54 Å². The highest BCUT2D eigenvalue weighted by Crippen LogP contribution is 2.27. The molecule has 0 aliphatic rings. The zero-order valence-corrected chi connectivity index (χ0v) is 10.3. The predicted molar refractivity (Wildman–Crippen MR) is 63.5 cm³/mol. The number of hydrogen-bond acceptors (Lipinski definition) is 2. The molecule has 0 atom stereocenters. The number of nitrogens with zero attached hydrogens (tertiary/aromatic N) is 2. The van der Waals surface area contributed by atoms with Crippen LogP contribution in [0.3, 0.4) is 0 Å². The minimum Gasteiger partial charge on any atom is -0.367 e. The van der Waals surface area contributed by atoms with Gasteiger partial charge in [0.15, 0.2) is 0 Å². The van der Waals surface area contributed by atoms with Crippen molar-refractivity contribution in [3.05, 3.63) is 28.9 Å². The van der Waals surface area contributed by atoms with E-state index < -0.39 is 0 Å². The molecular weight excluding hydrogens is 256 g/mol. The highest BCUT2D eigenvalue weighted by atomic mass is 79.9. The molecule has 0 amide bonds. The molecule has 15 heavy (non-hydrogen) atoms. The van der Waals surface area contributed by atoms with Gasteiger partial charge in [-0.25, -0.2) is 4.98 Å². The molecular formula is C10H13BrN4. The Morgan fingerprint density at radius 1 is 1.60 bits per heavy atom. The van der Waals surface area contributed by atoms with Gasteiger partial charge in [-0.2, -0.15) is 0 Å². The maximum Gasteiger partial charge on any atom is 0.124 e. The summed E-state index contributed by atoms with van der Waals surface area (Å²) in [5, 5.41) is 3.10. The molecule has 0 radical (unpaired) electrons. The Labute approximate surface area is 96.8 Å². The van der Waals surface area contributed by atoms with Crippen LogP contribution in [-0.4, -0.2) is 21.6 Å². The SMILES string of the molecule is CNCc1nc(-c2cc[nH]c2)c(Br)n1C. The number of rotatable bonds is 3. The summed E-state index contributed by atoms with van der Waals surface area (Å²) >= 11 is 3.55. The molecule has 0 fully saturated rings. The summed E-state index contributed by atoms with van der Waals surface area (Å²) in [6.07, 6.45) is 3.84. The van der Waals surface area contributed by atoms with Crippen molar-refractivity contribution in [3.8, 4) is 11.3 Å². The molecule has 0 bridgehead atoms. The van der Waals surface area contributed by atoms with Crippen LogP contribution in [0.1, 0.15) is 5.82 Å². The summed E-state index contributed by atoms with van der Waals surface area (Å²) in [6.45, 7) is 0.763. The topological polar surface area (TPSA) is 45.6 Å². The van der Waals surface area contributed by atoms with E-state index in [0.717, 1.165) is 28.2 Å². The Balaban J connectivity index is 2.45. The van der Waals surface area contributed by atoms with E-state index in [1.807, 2.05) is 37.1 Å². The number of aromatic amines is 1. The van der Waals surface area contributed by atoms with Gasteiger partial charge in [-0.15, -0.1) is 0 Å². The second kappa shape index (κ2) is 4.20. The van der Waals surface area contributed by atoms with Gasteiger partial charge in [-0.1, -0.05) is 0 Å². The fraction of sp³-hybridized carbons (Fsp3) is 0.300. The van der Waals surface area contributed by atoms with Crippen LogP contribution in [0.25, 0.3) is 11.3 Å². The Hall–Kier alpha value is -1.07. The molecule has 0 aromatic carbocycles. The van der Waals surface area contributed by atoms with Crippen molar-refractivity contribution in [3.63, 3.8) is 0 Å². The molecule has 0 saturated heterocycles. The summed E-state index contributed by atoms with van der Waals surface area (Å²) < 4.78 is 3.05. The highest BCUT2D eigenvalue weighted by molar-refractivity contribution is 9.10. The maximum absolute atomic E-state index is 4.58. The van der Waals surface area contributed by atoms with Crippen LogP contribution in [0.2, 0.25) is 0 Å². The van der Waals surface area contributed by atoms with Crippen molar-refractivity contribution in [2.24, 2.45) is 7.05 Å². The van der Waals surface area contributed by atoms with Crippen molar-refractivity contribution in [2.45, 2.75) is 6.54 Å². The first-order chi connectivity index (χ1) is 7.24. The average molecular weight is 269 g/mol. The van der Waals surface area contributed by atoms with Crippen LogP contribution in [0.5, 0.6) is 0 Å². The van der Waals surface area contributed by atoms with Crippen molar-refractivity contribution < 1.29 is 0 Å². The van der Waals surface area contributed by atoms with E-state index in [2.05, 4.69) is 31.2 Å². The van der Waals surface area contributed by atoms with E-state index in [1.165, 1.54) is 0 Å². The zero-order valence-electron chi connectivity index (χ0n) is 8.71. The van der Waals surface area contributed by atoms with Crippen LogP contribution in [0.4, 0.5) is 0 Å². The van der Waals surface area contributed by atoms with Gasteiger partial charge in [0.2, 0.25) is 0 Å². The van der Waals surface area contributed by atoms with Gasteiger partial charge < -0.3 is 14.9 Å². The van der Waals surface area contributed by atoms with Crippen LogP contribution in [0, 0.1) is 0 Å². The Morgan fingerprint density at radius 2 is 2.40 bits per heavy atom.